The molecule has 18 heavy (non-hydrogen) atoms. The van der Waals surface area contributed by atoms with Crippen molar-refractivity contribution < 1.29 is 4.39 Å². The molecule has 0 aliphatic carbocycles. The lowest BCUT2D eigenvalue weighted by Gasteiger charge is -2.38. The summed E-state index contributed by atoms with van der Waals surface area (Å²) in [5.74, 6) is -0.154. The van der Waals surface area contributed by atoms with Gasteiger partial charge in [0.1, 0.15) is 5.83 Å². The van der Waals surface area contributed by atoms with Crippen molar-refractivity contribution in [3.05, 3.63) is 36.2 Å². The minimum Gasteiger partial charge on any atom is -0.317 e. The molecule has 0 saturated carbocycles. The highest BCUT2D eigenvalue weighted by Gasteiger charge is 2.31. The fourth-order valence-corrected chi connectivity index (χ4v) is 2.88. The van der Waals surface area contributed by atoms with E-state index in [9.17, 15) is 4.39 Å². The van der Waals surface area contributed by atoms with Crippen molar-refractivity contribution in [2.45, 2.75) is 25.7 Å². The minimum absolute atomic E-state index is 0.154. The predicted octanol–water partition coefficient (Wildman–Crippen LogP) is 2.71. The zero-order valence-corrected chi connectivity index (χ0v) is 11.0. The molecule has 2 heterocycles. The van der Waals surface area contributed by atoms with Gasteiger partial charge in [0.15, 0.2) is 0 Å². The van der Waals surface area contributed by atoms with E-state index in [-0.39, 0.29) is 5.83 Å². The molecule has 1 fully saturated rings. The minimum atomic E-state index is -0.154. The second-order valence-electron chi connectivity index (χ2n) is 5.50. The van der Waals surface area contributed by atoms with Gasteiger partial charge in [-0.15, -0.1) is 0 Å². The summed E-state index contributed by atoms with van der Waals surface area (Å²) in [5, 5.41) is 6.85. The Morgan fingerprint density at radius 3 is 2.78 bits per heavy atom. The molecule has 0 unspecified atom stereocenters. The number of piperidine rings is 1. The van der Waals surface area contributed by atoms with Crippen LogP contribution in [0, 0.1) is 5.41 Å². The van der Waals surface area contributed by atoms with Gasteiger partial charge >= 0.3 is 0 Å². The third kappa shape index (κ3) is 3.79. The molecule has 2 N–H and O–H groups in total. The van der Waals surface area contributed by atoms with E-state index in [1.54, 1.807) is 12.2 Å². The van der Waals surface area contributed by atoms with Crippen LogP contribution in [0.1, 0.15) is 25.7 Å². The van der Waals surface area contributed by atoms with Gasteiger partial charge in [-0.3, -0.25) is 0 Å². The Labute approximate surface area is 109 Å². The molecule has 1 spiro atoms. The molecule has 0 atom stereocenters. The molecule has 0 amide bonds. The Bertz CT molecular complexity index is 352. The average molecular weight is 250 g/mol. The first kappa shape index (κ1) is 13.5. The highest BCUT2D eigenvalue weighted by Crippen LogP contribution is 2.35. The first-order valence-electron chi connectivity index (χ1n) is 6.81. The van der Waals surface area contributed by atoms with Crippen LogP contribution in [-0.2, 0) is 0 Å². The maximum atomic E-state index is 13.4. The Morgan fingerprint density at radius 1 is 1.22 bits per heavy atom. The van der Waals surface area contributed by atoms with Gasteiger partial charge in [-0.2, -0.15) is 0 Å². The first-order valence-corrected chi connectivity index (χ1v) is 6.81. The maximum Gasteiger partial charge on any atom is 0.119 e. The molecular formula is C15H23FN2. The first-order chi connectivity index (χ1) is 8.70. The van der Waals surface area contributed by atoms with Crippen LogP contribution >= 0.6 is 0 Å². The fourth-order valence-electron chi connectivity index (χ4n) is 2.88. The van der Waals surface area contributed by atoms with Gasteiger partial charge in [-0.25, -0.2) is 4.39 Å². The van der Waals surface area contributed by atoms with E-state index in [2.05, 4.69) is 17.2 Å². The summed E-state index contributed by atoms with van der Waals surface area (Å²) in [5.41, 5.74) is 1.45. The molecule has 2 nitrogen and oxygen atoms in total. The molecule has 0 bridgehead atoms. The SMILES string of the molecule is C=C1C/C=C(F)\C=C/CNCC2(CCNCC2)C1. The van der Waals surface area contributed by atoms with E-state index >= 15 is 0 Å². The van der Waals surface area contributed by atoms with E-state index < -0.39 is 0 Å². The van der Waals surface area contributed by atoms with Gasteiger partial charge in [0.2, 0.25) is 0 Å². The molecule has 100 valence electrons. The Hall–Kier alpha value is -0.930. The van der Waals surface area contributed by atoms with Crippen LogP contribution in [0.3, 0.4) is 0 Å². The third-order valence-corrected chi connectivity index (χ3v) is 3.91. The highest BCUT2D eigenvalue weighted by atomic mass is 19.1. The molecule has 2 aliphatic heterocycles. The van der Waals surface area contributed by atoms with Crippen LogP contribution in [-0.4, -0.2) is 26.2 Å². The Morgan fingerprint density at radius 2 is 2.00 bits per heavy atom. The number of hydrogen-bond acceptors (Lipinski definition) is 2. The zero-order chi connectivity index (χ0) is 12.8. The van der Waals surface area contributed by atoms with Crippen LogP contribution in [0.5, 0.6) is 0 Å². The molecule has 0 aromatic heterocycles. The molecule has 2 aliphatic rings. The van der Waals surface area contributed by atoms with Crippen LogP contribution in [0.25, 0.3) is 0 Å². The summed E-state index contributed by atoms with van der Waals surface area (Å²) in [6.45, 7) is 8.01. The number of hydrogen-bond donors (Lipinski definition) is 2. The van der Waals surface area contributed by atoms with Crippen LogP contribution in [0.15, 0.2) is 36.2 Å². The van der Waals surface area contributed by atoms with E-state index in [1.165, 1.54) is 12.8 Å². The predicted molar refractivity (Wildman–Crippen MR) is 74.1 cm³/mol. The summed E-state index contributed by atoms with van der Waals surface area (Å²) >= 11 is 0. The molecule has 0 aromatic carbocycles. The van der Waals surface area contributed by atoms with Gasteiger partial charge in [-0.1, -0.05) is 18.2 Å². The van der Waals surface area contributed by atoms with Crippen molar-refractivity contribution in [3.8, 4) is 0 Å². The number of rotatable bonds is 0. The summed E-state index contributed by atoms with van der Waals surface area (Å²) < 4.78 is 13.4. The van der Waals surface area contributed by atoms with Crippen LogP contribution in [0.4, 0.5) is 4.39 Å². The second-order valence-corrected chi connectivity index (χ2v) is 5.50. The Balaban J connectivity index is 2.08. The lowest BCUT2D eigenvalue weighted by atomic mass is 9.73. The van der Waals surface area contributed by atoms with Crippen molar-refractivity contribution in [3.63, 3.8) is 0 Å². The van der Waals surface area contributed by atoms with E-state index in [4.69, 9.17) is 0 Å². The van der Waals surface area contributed by atoms with E-state index in [1.807, 2.05) is 6.08 Å². The summed E-state index contributed by atoms with van der Waals surface area (Å²) in [6, 6.07) is 0. The average Bonchev–Trinajstić information content (AvgIpc) is 2.39. The van der Waals surface area contributed by atoms with Crippen molar-refractivity contribution in [2.24, 2.45) is 5.41 Å². The molecule has 0 radical (unpaired) electrons. The second kappa shape index (κ2) is 6.30. The van der Waals surface area contributed by atoms with E-state index in [0.29, 0.717) is 11.8 Å². The van der Waals surface area contributed by atoms with E-state index in [0.717, 1.165) is 38.2 Å². The Kier molecular flexibility index (Phi) is 4.72. The smallest absolute Gasteiger partial charge is 0.119 e. The number of halogens is 1. The lowest BCUT2D eigenvalue weighted by molar-refractivity contribution is 0.194. The quantitative estimate of drug-likeness (QED) is 0.646. The third-order valence-electron chi connectivity index (χ3n) is 3.91. The van der Waals surface area contributed by atoms with Gasteiger partial charge in [-0.05, 0) is 56.3 Å². The topological polar surface area (TPSA) is 24.1 Å². The summed E-state index contributed by atoms with van der Waals surface area (Å²) in [6.07, 6.45) is 9.05. The van der Waals surface area contributed by atoms with Crippen molar-refractivity contribution in [1.29, 1.82) is 0 Å². The normalized spacial score (nSPS) is 30.3. The number of nitrogens with one attached hydrogen (secondary N) is 2. The lowest BCUT2D eigenvalue weighted by Crippen LogP contribution is -2.43. The van der Waals surface area contributed by atoms with Crippen LogP contribution < -0.4 is 10.6 Å². The molecule has 3 heteroatoms. The van der Waals surface area contributed by atoms with Crippen molar-refractivity contribution in [1.82, 2.24) is 10.6 Å². The summed E-state index contributed by atoms with van der Waals surface area (Å²) in [7, 11) is 0. The van der Waals surface area contributed by atoms with Gasteiger partial charge < -0.3 is 10.6 Å². The largest absolute Gasteiger partial charge is 0.317 e. The molecule has 0 aromatic rings. The fraction of sp³-hybridized carbons (Fsp3) is 0.600. The number of allylic oxidation sites excluding steroid dienone is 4. The monoisotopic (exact) mass is 250 g/mol. The van der Waals surface area contributed by atoms with Gasteiger partial charge in [0.05, 0.1) is 0 Å². The van der Waals surface area contributed by atoms with Crippen LogP contribution in [0.2, 0.25) is 0 Å². The summed E-state index contributed by atoms with van der Waals surface area (Å²) in [4.78, 5) is 0. The highest BCUT2D eigenvalue weighted by molar-refractivity contribution is 5.16. The molecule has 2 rings (SSSR count). The maximum absolute atomic E-state index is 13.4. The molecular weight excluding hydrogens is 227 g/mol. The van der Waals surface area contributed by atoms with Crippen molar-refractivity contribution >= 4 is 0 Å². The molecule has 1 saturated heterocycles. The standard InChI is InChI=1S/C15H23FN2/c1-13-4-5-14(16)3-2-8-18-12-15(11-13)6-9-17-10-7-15/h2-3,5,17-18H,1,4,6-12H2/b3-2-,14-5+. The van der Waals surface area contributed by atoms with Gasteiger partial charge in [0, 0.05) is 13.1 Å². The van der Waals surface area contributed by atoms with Crippen molar-refractivity contribution in [2.75, 3.05) is 26.2 Å². The zero-order valence-electron chi connectivity index (χ0n) is 11.0. The van der Waals surface area contributed by atoms with Gasteiger partial charge in [0.25, 0.3) is 0 Å².